The fourth-order valence-corrected chi connectivity index (χ4v) is 4.78. The Kier molecular flexibility index (Phi) is 9.65. The Labute approximate surface area is 180 Å². The van der Waals surface area contributed by atoms with Gasteiger partial charge >= 0.3 is 0 Å². The lowest BCUT2D eigenvalue weighted by molar-refractivity contribution is 0.0766. The highest BCUT2D eigenvalue weighted by molar-refractivity contribution is 5.21. The van der Waals surface area contributed by atoms with Crippen LogP contribution in [0, 0.1) is 30.1 Å². The molecule has 2 rings (SSSR count). The van der Waals surface area contributed by atoms with Gasteiger partial charge in [0.1, 0.15) is 0 Å². The smallest absolute Gasteiger partial charge is 0.0546 e. The predicted octanol–water partition coefficient (Wildman–Crippen LogP) is 7.10. The third-order valence-electron chi connectivity index (χ3n) is 6.94. The molecule has 1 aliphatic carbocycles. The summed E-state index contributed by atoms with van der Waals surface area (Å²) in [5.74, 6) is 4.82. The van der Waals surface area contributed by atoms with Gasteiger partial charge in [-0.05, 0) is 81.3 Å². The fourth-order valence-electron chi connectivity index (χ4n) is 4.78. The van der Waals surface area contributed by atoms with E-state index in [1.54, 1.807) is 0 Å². The number of allylic oxidation sites excluding steroid dienone is 4. The highest BCUT2D eigenvalue weighted by Crippen LogP contribution is 2.37. The fraction of sp³-hybridized carbons (Fsp3) is 0.630. The van der Waals surface area contributed by atoms with Gasteiger partial charge in [0.15, 0.2) is 0 Å². The van der Waals surface area contributed by atoms with Crippen molar-refractivity contribution in [2.45, 2.75) is 78.1 Å². The maximum atomic E-state index is 5.36. The number of unbranched alkanes of at least 4 members (excludes halogenated alkanes) is 3. The number of nitrogens with zero attached hydrogens (tertiary/aromatic N) is 2. The van der Waals surface area contributed by atoms with Gasteiger partial charge in [0, 0.05) is 19.8 Å². The van der Waals surface area contributed by atoms with E-state index in [9.17, 15) is 0 Å². The van der Waals surface area contributed by atoms with Gasteiger partial charge in [-0.1, -0.05) is 56.9 Å². The Morgan fingerprint density at radius 3 is 2.55 bits per heavy atom. The lowest BCUT2D eigenvalue weighted by Gasteiger charge is -2.37. The molecule has 1 heterocycles. The van der Waals surface area contributed by atoms with Crippen LogP contribution in [0.25, 0.3) is 0 Å². The molecule has 1 unspecified atom stereocenters. The minimum Gasteiger partial charge on any atom is -0.296 e. The van der Waals surface area contributed by atoms with Crippen LogP contribution in [-0.2, 0) is 0 Å². The van der Waals surface area contributed by atoms with E-state index in [0.717, 1.165) is 30.4 Å². The molecule has 0 aromatic heterocycles. The molecule has 29 heavy (non-hydrogen) atoms. The molecule has 0 aromatic carbocycles. The zero-order valence-electron chi connectivity index (χ0n) is 19.1. The second-order valence-electron chi connectivity index (χ2n) is 9.08. The monoisotopic (exact) mass is 394 g/mol. The van der Waals surface area contributed by atoms with Gasteiger partial charge in [-0.15, -0.1) is 6.42 Å². The minimum absolute atomic E-state index is 0.653. The van der Waals surface area contributed by atoms with Crippen LogP contribution in [0.3, 0.4) is 0 Å². The molecule has 1 fully saturated rings. The van der Waals surface area contributed by atoms with E-state index < -0.39 is 0 Å². The van der Waals surface area contributed by atoms with Crippen LogP contribution in [0.4, 0.5) is 0 Å². The van der Waals surface area contributed by atoms with Crippen LogP contribution < -0.4 is 0 Å². The zero-order chi connectivity index (χ0) is 21.2. The highest BCUT2D eigenvalue weighted by atomic mass is 15.6. The molecule has 0 bridgehead atoms. The average Bonchev–Trinajstić information content (AvgIpc) is 3.09. The molecule has 2 heteroatoms. The van der Waals surface area contributed by atoms with Gasteiger partial charge in [0.25, 0.3) is 0 Å². The van der Waals surface area contributed by atoms with Crippen molar-refractivity contribution in [3.63, 3.8) is 0 Å². The van der Waals surface area contributed by atoms with Crippen molar-refractivity contribution >= 4 is 0 Å². The molecule has 1 atom stereocenters. The Morgan fingerprint density at radius 2 is 1.90 bits per heavy atom. The third-order valence-corrected chi connectivity index (χ3v) is 6.94. The molecule has 2 nitrogen and oxygen atoms in total. The van der Waals surface area contributed by atoms with Crippen LogP contribution in [0.5, 0.6) is 0 Å². The second-order valence-corrected chi connectivity index (χ2v) is 9.08. The normalized spacial score (nSPS) is 24.0. The van der Waals surface area contributed by atoms with E-state index in [1.807, 2.05) is 0 Å². The Balaban J connectivity index is 1.63. The number of hydrazine groups is 1. The van der Waals surface area contributed by atoms with Crippen molar-refractivity contribution in [3.8, 4) is 12.3 Å². The summed E-state index contributed by atoms with van der Waals surface area (Å²) in [7, 11) is 2.15. The van der Waals surface area contributed by atoms with Gasteiger partial charge in [0.05, 0.1) is 5.70 Å². The summed E-state index contributed by atoms with van der Waals surface area (Å²) in [5.41, 5.74) is 3.78. The number of hydrogen-bond donors (Lipinski definition) is 0. The zero-order valence-corrected chi connectivity index (χ0v) is 19.1. The van der Waals surface area contributed by atoms with Gasteiger partial charge < -0.3 is 0 Å². The van der Waals surface area contributed by atoms with Crippen molar-refractivity contribution < 1.29 is 0 Å². The van der Waals surface area contributed by atoms with Gasteiger partial charge in [-0.25, -0.2) is 0 Å². The van der Waals surface area contributed by atoms with E-state index in [1.165, 1.54) is 69.1 Å². The van der Waals surface area contributed by atoms with Crippen LogP contribution in [0.15, 0.2) is 48.4 Å². The predicted molar refractivity (Wildman–Crippen MR) is 127 cm³/mol. The molecule has 0 saturated heterocycles. The van der Waals surface area contributed by atoms with Crippen molar-refractivity contribution in [1.82, 2.24) is 10.0 Å². The summed E-state index contributed by atoms with van der Waals surface area (Å²) >= 11 is 0. The summed E-state index contributed by atoms with van der Waals surface area (Å²) in [6.45, 7) is 14.1. The van der Waals surface area contributed by atoms with Crippen LogP contribution in [0.2, 0.25) is 0 Å². The molecule has 0 radical (unpaired) electrons. The minimum atomic E-state index is 0.653. The van der Waals surface area contributed by atoms with Gasteiger partial charge in [0.2, 0.25) is 0 Å². The first-order chi connectivity index (χ1) is 14.0. The quantitative estimate of drug-likeness (QED) is 0.209. The van der Waals surface area contributed by atoms with E-state index in [2.05, 4.69) is 68.3 Å². The molecule has 0 amide bonds. The summed E-state index contributed by atoms with van der Waals surface area (Å²) in [6, 6.07) is 0. The highest BCUT2D eigenvalue weighted by Gasteiger charge is 2.28. The van der Waals surface area contributed by atoms with E-state index in [0.29, 0.717) is 5.92 Å². The van der Waals surface area contributed by atoms with E-state index >= 15 is 0 Å². The maximum Gasteiger partial charge on any atom is 0.0546 e. The van der Waals surface area contributed by atoms with Crippen LogP contribution in [0.1, 0.15) is 78.1 Å². The second kappa shape index (κ2) is 12.0. The topological polar surface area (TPSA) is 6.48 Å². The molecule has 1 aliphatic heterocycles. The molecule has 2 aliphatic rings. The first kappa shape index (κ1) is 23.4. The van der Waals surface area contributed by atoms with Crippen LogP contribution in [-0.4, -0.2) is 23.6 Å². The Hall–Kier alpha value is -1.88. The summed E-state index contributed by atoms with van der Waals surface area (Å²) < 4.78 is 0. The standard InChI is InChI=1S/C27H42N2/c1-7-22(3)13-11-9-10-12-14-23(4)24(5)26-17-15-25(16-18-26)21-29-27(8-2)19-20-28(29)6/h1,8,19-20,23,25-26H,3,5,9-18,21H2,2,4,6H3/b27-8-. The van der Waals surface area contributed by atoms with Crippen molar-refractivity contribution in [1.29, 1.82) is 0 Å². The average molecular weight is 395 g/mol. The van der Waals surface area contributed by atoms with Crippen molar-refractivity contribution in [2.24, 2.45) is 17.8 Å². The number of rotatable bonds is 11. The van der Waals surface area contributed by atoms with Gasteiger partial charge in [-0.2, -0.15) is 0 Å². The van der Waals surface area contributed by atoms with Gasteiger partial charge in [-0.3, -0.25) is 10.0 Å². The SMILES string of the molecule is C#CC(=C)CCCCCCC(C)C(=C)C1CCC(CN2/C(=C\C)C=CN2C)CC1. The molecular weight excluding hydrogens is 352 g/mol. The summed E-state index contributed by atoms with van der Waals surface area (Å²) in [6.07, 6.45) is 24.5. The lowest BCUT2D eigenvalue weighted by Crippen LogP contribution is -2.36. The first-order valence-corrected chi connectivity index (χ1v) is 11.6. The molecule has 160 valence electrons. The first-order valence-electron chi connectivity index (χ1n) is 11.6. The van der Waals surface area contributed by atoms with E-state index in [-0.39, 0.29) is 0 Å². The molecular formula is C27H42N2. The third kappa shape index (κ3) is 7.14. The summed E-state index contributed by atoms with van der Waals surface area (Å²) in [5, 5.41) is 4.65. The Morgan fingerprint density at radius 1 is 1.21 bits per heavy atom. The molecule has 0 spiro atoms. The molecule has 1 saturated carbocycles. The Bertz CT molecular complexity index is 640. The van der Waals surface area contributed by atoms with Crippen LogP contribution >= 0.6 is 0 Å². The van der Waals surface area contributed by atoms with E-state index in [4.69, 9.17) is 6.42 Å². The number of hydrogen-bond acceptors (Lipinski definition) is 2. The maximum absolute atomic E-state index is 5.36. The van der Waals surface area contributed by atoms with Crippen molar-refractivity contribution in [2.75, 3.05) is 13.6 Å². The summed E-state index contributed by atoms with van der Waals surface area (Å²) in [4.78, 5) is 0. The van der Waals surface area contributed by atoms with Crippen molar-refractivity contribution in [3.05, 3.63) is 48.4 Å². The lowest BCUT2D eigenvalue weighted by atomic mass is 9.75. The molecule has 0 N–H and O–H groups in total. The molecule has 0 aromatic rings. The number of terminal acetylenes is 1. The largest absolute Gasteiger partial charge is 0.296 e.